The predicted molar refractivity (Wildman–Crippen MR) is 254 cm³/mol. The fourth-order valence-electron chi connectivity index (χ4n) is 6.86. The number of ether oxygens (including phenoxy) is 3. The van der Waals surface area contributed by atoms with E-state index in [4.69, 9.17) is 14.2 Å². The number of allylic oxidation sites excluding steroid dienone is 12. The van der Waals surface area contributed by atoms with Gasteiger partial charge in [0, 0.05) is 19.3 Å². The lowest BCUT2D eigenvalue weighted by molar-refractivity contribution is -0.889. The maximum absolute atomic E-state index is 12.8. The molecule has 0 amide bonds. The van der Waals surface area contributed by atoms with Gasteiger partial charge in [0.1, 0.15) is 12.6 Å². The van der Waals surface area contributed by atoms with Gasteiger partial charge in [-0.05, 0) is 77.0 Å². The molecule has 0 saturated heterocycles. The third-order valence-corrected chi connectivity index (χ3v) is 10.6. The van der Waals surface area contributed by atoms with E-state index in [1.807, 2.05) is 0 Å². The van der Waals surface area contributed by atoms with Crippen LogP contribution in [0, 0.1) is 0 Å². The number of carbonyl (C=O) groups excluding carboxylic acids is 3. The molecular weight excluding hydrogens is 763 g/mol. The molecule has 61 heavy (non-hydrogen) atoms. The van der Waals surface area contributed by atoms with Crippen LogP contribution in [0.1, 0.15) is 194 Å². The zero-order valence-corrected chi connectivity index (χ0v) is 39.8. The van der Waals surface area contributed by atoms with Gasteiger partial charge < -0.3 is 28.6 Å². The van der Waals surface area contributed by atoms with Gasteiger partial charge >= 0.3 is 11.9 Å². The van der Waals surface area contributed by atoms with Crippen molar-refractivity contribution in [2.75, 3.05) is 41.0 Å². The van der Waals surface area contributed by atoms with Gasteiger partial charge in [0.15, 0.2) is 6.10 Å². The van der Waals surface area contributed by atoms with E-state index in [-0.39, 0.29) is 42.7 Å². The Bertz CT molecular complexity index is 1230. The average molecular weight is 854 g/mol. The van der Waals surface area contributed by atoms with Crippen molar-refractivity contribution >= 4 is 17.9 Å². The Labute approximate surface area is 374 Å². The largest absolute Gasteiger partial charge is 0.544 e. The Morgan fingerprint density at radius 1 is 0.492 bits per heavy atom. The number of carbonyl (C=O) groups is 3. The number of quaternary nitrogens is 1. The van der Waals surface area contributed by atoms with Gasteiger partial charge in [0.05, 0.1) is 40.3 Å². The quantitative estimate of drug-likeness (QED) is 0.0260. The minimum atomic E-state index is -1.13. The highest BCUT2D eigenvalue weighted by molar-refractivity contribution is 5.70. The Kier molecular flexibility index (Phi) is 41.1. The molecule has 0 saturated carbocycles. The summed E-state index contributed by atoms with van der Waals surface area (Å²) in [5.74, 6) is -1.77. The van der Waals surface area contributed by atoms with Gasteiger partial charge in [0.25, 0.3) is 0 Å². The minimum absolute atomic E-state index is 0.0306. The van der Waals surface area contributed by atoms with E-state index < -0.39 is 18.1 Å². The average Bonchev–Trinajstić information content (AvgIpc) is 3.22. The smallest absolute Gasteiger partial charge is 0.306 e. The molecule has 2 unspecified atom stereocenters. The lowest BCUT2D eigenvalue weighted by Crippen LogP contribution is -2.55. The molecule has 0 aliphatic heterocycles. The minimum Gasteiger partial charge on any atom is -0.544 e. The maximum atomic E-state index is 12.8. The molecule has 350 valence electrons. The monoisotopic (exact) mass is 854 g/mol. The first kappa shape index (κ1) is 57.8. The highest BCUT2D eigenvalue weighted by Gasteiger charge is 2.25. The molecule has 0 bridgehead atoms. The Balaban J connectivity index is 4.25. The molecule has 0 rings (SSSR count). The van der Waals surface area contributed by atoms with Crippen LogP contribution < -0.4 is 5.11 Å². The van der Waals surface area contributed by atoms with E-state index in [1.54, 1.807) is 21.1 Å². The number of aliphatic carboxylic acids is 1. The fourth-order valence-corrected chi connectivity index (χ4v) is 6.86. The van der Waals surface area contributed by atoms with Crippen molar-refractivity contribution in [3.63, 3.8) is 0 Å². The van der Waals surface area contributed by atoms with Crippen molar-refractivity contribution in [2.24, 2.45) is 0 Å². The highest BCUT2D eigenvalue weighted by atomic mass is 16.6. The molecule has 0 N–H and O–H groups in total. The zero-order chi connectivity index (χ0) is 44.9. The van der Waals surface area contributed by atoms with E-state index >= 15 is 0 Å². The number of hydrogen-bond donors (Lipinski definition) is 0. The van der Waals surface area contributed by atoms with Crippen molar-refractivity contribution < 1.29 is 38.2 Å². The van der Waals surface area contributed by atoms with Crippen molar-refractivity contribution in [3.05, 3.63) is 72.9 Å². The van der Waals surface area contributed by atoms with Gasteiger partial charge in [-0.25, -0.2) is 0 Å². The number of carboxylic acid groups (broad SMARTS) is 1. The number of nitrogens with zero attached hydrogens (tertiary/aromatic N) is 1. The fraction of sp³-hybridized carbons (Fsp3) is 0.717. The first-order valence-electron chi connectivity index (χ1n) is 24.5. The summed E-state index contributed by atoms with van der Waals surface area (Å²) >= 11 is 0. The number of rotatable bonds is 43. The van der Waals surface area contributed by atoms with Gasteiger partial charge in [-0.2, -0.15) is 0 Å². The van der Waals surface area contributed by atoms with Crippen molar-refractivity contribution in [1.82, 2.24) is 0 Å². The standard InChI is InChI=1S/C53H91NO7/c1-6-8-10-12-14-16-18-20-22-23-24-25-26-27-28-29-30-32-34-36-38-40-42-44-52(56)61-49(47-59-46-45-50(53(57)58)54(3,4)5)48-60-51(55)43-41-39-37-35-33-31-21-19-17-15-13-11-9-7-2/h8-11,14-17,20-22,31,49-50H,6-7,12-13,18-19,23-30,32-48H2,1-5H3/b10-8+,11-9+,16-14+,17-15+,22-20+,31-21+. The molecule has 0 aromatic heterocycles. The normalized spacial score (nSPS) is 13.5. The first-order chi connectivity index (χ1) is 29.6. The van der Waals surface area contributed by atoms with E-state index in [9.17, 15) is 19.5 Å². The lowest BCUT2D eigenvalue weighted by Gasteiger charge is -2.34. The summed E-state index contributed by atoms with van der Waals surface area (Å²) in [6, 6.07) is -0.732. The molecule has 2 atom stereocenters. The third-order valence-electron chi connectivity index (χ3n) is 10.6. The predicted octanol–water partition coefficient (Wildman–Crippen LogP) is 12.6. The summed E-state index contributed by atoms with van der Waals surface area (Å²) in [6.45, 7) is 4.42. The number of unbranched alkanes of at least 4 members (excludes halogenated alkanes) is 17. The van der Waals surface area contributed by atoms with Crippen LogP contribution in [-0.4, -0.2) is 75.5 Å². The van der Waals surface area contributed by atoms with Gasteiger partial charge in [-0.15, -0.1) is 0 Å². The molecular formula is C53H91NO7. The van der Waals surface area contributed by atoms with Gasteiger partial charge in [-0.3, -0.25) is 9.59 Å². The summed E-state index contributed by atoms with van der Waals surface area (Å²) in [5.41, 5.74) is 0. The van der Waals surface area contributed by atoms with E-state index in [1.165, 1.54) is 70.6 Å². The second-order valence-electron chi connectivity index (χ2n) is 17.3. The Hall–Kier alpha value is -3.23. The van der Waals surface area contributed by atoms with E-state index in [2.05, 4.69) is 86.8 Å². The maximum Gasteiger partial charge on any atom is 0.306 e. The van der Waals surface area contributed by atoms with E-state index in [0.717, 1.165) is 89.9 Å². The molecule has 0 heterocycles. The second kappa shape index (κ2) is 43.4. The molecule has 0 aromatic carbocycles. The Morgan fingerprint density at radius 2 is 0.869 bits per heavy atom. The van der Waals surface area contributed by atoms with Crippen LogP contribution in [-0.2, 0) is 28.6 Å². The molecule has 8 nitrogen and oxygen atoms in total. The molecule has 0 aliphatic carbocycles. The summed E-state index contributed by atoms with van der Waals surface area (Å²) < 4.78 is 17.2. The molecule has 0 radical (unpaired) electrons. The van der Waals surface area contributed by atoms with Crippen LogP contribution in [0.5, 0.6) is 0 Å². The summed E-state index contributed by atoms with van der Waals surface area (Å²) in [4.78, 5) is 37.0. The summed E-state index contributed by atoms with van der Waals surface area (Å²) in [5, 5.41) is 11.6. The van der Waals surface area contributed by atoms with Crippen molar-refractivity contribution in [2.45, 2.75) is 206 Å². The highest BCUT2D eigenvalue weighted by Crippen LogP contribution is 2.15. The SMILES string of the molecule is CC/C=C/C/C=C/C/C=C/CCCCCCCCCCCCCCCC(=O)OC(COCCC(C(=O)[O-])[N+](C)(C)C)COC(=O)CCCCCC/C=C/C/C=C/C/C=C/CC. The van der Waals surface area contributed by atoms with Gasteiger partial charge in [-0.1, -0.05) is 170 Å². The van der Waals surface area contributed by atoms with Crippen LogP contribution in [0.3, 0.4) is 0 Å². The van der Waals surface area contributed by atoms with Crippen LogP contribution >= 0.6 is 0 Å². The number of esters is 2. The first-order valence-corrected chi connectivity index (χ1v) is 24.5. The zero-order valence-electron chi connectivity index (χ0n) is 39.8. The Morgan fingerprint density at radius 3 is 1.28 bits per heavy atom. The second-order valence-corrected chi connectivity index (χ2v) is 17.3. The van der Waals surface area contributed by atoms with Crippen LogP contribution in [0.2, 0.25) is 0 Å². The van der Waals surface area contributed by atoms with Crippen LogP contribution in [0.15, 0.2) is 72.9 Å². The number of likely N-dealkylation sites (N-methyl/N-ethyl adjacent to an activating group) is 1. The molecule has 0 spiro atoms. The molecule has 8 heteroatoms. The van der Waals surface area contributed by atoms with Gasteiger partial charge in [0.2, 0.25) is 0 Å². The number of hydrogen-bond acceptors (Lipinski definition) is 7. The topological polar surface area (TPSA) is 102 Å². The molecule has 0 fully saturated rings. The van der Waals surface area contributed by atoms with Crippen LogP contribution in [0.4, 0.5) is 0 Å². The van der Waals surface area contributed by atoms with E-state index in [0.29, 0.717) is 12.8 Å². The molecule has 0 aromatic rings. The summed E-state index contributed by atoms with van der Waals surface area (Å²) in [7, 11) is 5.40. The lowest BCUT2D eigenvalue weighted by atomic mass is 10.0. The van der Waals surface area contributed by atoms with Crippen molar-refractivity contribution in [1.29, 1.82) is 0 Å². The van der Waals surface area contributed by atoms with Crippen molar-refractivity contribution in [3.8, 4) is 0 Å². The third kappa shape index (κ3) is 41.9. The van der Waals surface area contributed by atoms with Crippen LogP contribution in [0.25, 0.3) is 0 Å². The molecule has 0 aliphatic rings. The number of carboxylic acids is 1. The summed E-state index contributed by atoms with van der Waals surface area (Å²) in [6.07, 6.45) is 55.1.